The smallest absolute Gasteiger partial charge is 0.254 e. The molecule has 0 radical (unpaired) electrons. The SMILES string of the molecule is CC1NCCCC1NC(=O)c1cnn(-c2ccc(Cl)cc2Cl)c1.Cl. The van der Waals surface area contributed by atoms with Gasteiger partial charge in [0, 0.05) is 23.3 Å². The van der Waals surface area contributed by atoms with E-state index in [0.717, 1.165) is 19.4 Å². The van der Waals surface area contributed by atoms with Crippen LogP contribution in [0.25, 0.3) is 5.69 Å². The first-order chi connectivity index (χ1) is 11.0. The lowest BCUT2D eigenvalue weighted by Gasteiger charge is -2.30. The lowest BCUT2D eigenvalue weighted by Crippen LogP contribution is -2.51. The van der Waals surface area contributed by atoms with Gasteiger partial charge in [-0.15, -0.1) is 12.4 Å². The topological polar surface area (TPSA) is 58.9 Å². The van der Waals surface area contributed by atoms with Crippen molar-refractivity contribution in [3.05, 3.63) is 46.2 Å². The normalized spacial score (nSPS) is 20.3. The van der Waals surface area contributed by atoms with Crippen molar-refractivity contribution in [3.63, 3.8) is 0 Å². The van der Waals surface area contributed by atoms with Crippen molar-refractivity contribution in [2.24, 2.45) is 0 Å². The summed E-state index contributed by atoms with van der Waals surface area (Å²) < 4.78 is 1.58. The Morgan fingerprint density at radius 1 is 1.42 bits per heavy atom. The van der Waals surface area contributed by atoms with Crippen LogP contribution in [-0.4, -0.2) is 34.3 Å². The first-order valence-corrected chi connectivity index (χ1v) is 8.34. The molecule has 1 fully saturated rings. The van der Waals surface area contributed by atoms with Crippen LogP contribution in [-0.2, 0) is 0 Å². The summed E-state index contributed by atoms with van der Waals surface area (Å²) in [4.78, 5) is 12.4. The van der Waals surface area contributed by atoms with Gasteiger partial charge in [0.2, 0.25) is 0 Å². The summed E-state index contributed by atoms with van der Waals surface area (Å²) in [6.45, 7) is 3.08. The number of hydrogen-bond acceptors (Lipinski definition) is 3. The van der Waals surface area contributed by atoms with Gasteiger partial charge in [0.05, 0.1) is 22.5 Å². The van der Waals surface area contributed by atoms with Crippen molar-refractivity contribution in [2.45, 2.75) is 31.8 Å². The Labute approximate surface area is 157 Å². The van der Waals surface area contributed by atoms with E-state index in [2.05, 4.69) is 22.7 Å². The fourth-order valence-corrected chi connectivity index (χ4v) is 3.23. The maximum Gasteiger partial charge on any atom is 0.254 e. The Hall–Kier alpha value is -1.27. The second kappa shape index (κ2) is 8.21. The highest BCUT2D eigenvalue weighted by atomic mass is 35.5. The van der Waals surface area contributed by atoms with Crippen LogP contribution >= 0.6 is 35.6 Å². The molecule has 2 unspecified atom stereocenters. The van der Waals surface area contributed by atoms with Crippen LogP contribution in [0, 0.1) is 0 Å². The molecule has 0 spiro atoms. The largest absolute Gasteiger partial charge is 0.348 e. The van der Waals surface area contributed by atoms with Gasteiger partial charge in [0.1, 0.15) is 0 Å². The predicted octanol–water partition coefficient (Wildman–Crippen LogP) is 3.47. The standard InChI is InChI=1S/C16H18Cl2N4O.ClH/c1-10-14(3-2-6-19-10)21-16(23)11-8-20-22(9-11)15-5-4-12(17)7-13(15)18;/h4-5,7-10,14,19H,2-3,6H2,1H3,(H,21,23);1H. The van der Waals surface area contributed by atoms with E-state index in [-0.39, 0.29) is 30.4 Å². The molecule has 2 heterocycles. The highest BCUT2D eigenvalue weighted by Crippen LogP contribution is 2.24. The predicted molar refractivity (Wildman–Crippen MR) is 98.8 cm³/mol. The zero-order valence-electron chi connectivity index (χ0n) is 13.1. The molecule has 5 nitrogen and oxygen atoms in total. The Morgan fingerprint density at radius 2 is 2.21 bits per heavy atom. The van der Waals surface area contributed by atoms with Gasteiger partial charge in [0.15, 0.2) is 0 Å². The van der Waals surface area contributed by atoms with Crippen molar-refractivity contribution in [1.82, 2.24) is 20.4 Å². The second-order valence-corrected chi connectivity index (χ2v) is 6.58. The summed E-state index contributed by atoms with van der Waals surface area (Å²) in [6, 6.07) is 5.56. The maximum atomic E-state index is 12.4. The molecule has 24 heavy (non-hydrogen) atoms. The van der Waals surface area contributed by atoms with Crippen LogP contribution in [0.15, 0.2) is 30.6 Å². The molecule has 3 rings (SSSR count). The number of nitrogens with zero attached hydrogens (tertiary/aromatic N) is 2. The summed E-state index contributed by atoms with van der Waals surface area (Å²) in [6.07, 6.45) is 5.26. The van der Waals surface area contributed by atoms with Crippen LogP contribution < -0.4 is 10.6 Å². The van der Waals surface area contributed by atoms with Gasteiger partial charge in [-0.25, -0.2) is 4.68 Å². The zero-order chi connectivity index (χ0) is 16.4. The Kier molecular flexibility index (Phi) is 6.52. The molecule has 1 aliphatic heterocycles. The van der Waals surface area contributed by atoms with E-state index in [4.69, 9.17) is 23.2 Å². The number of amides is 1. The number of rotatable bonds is 3. The first kappa shape index (κ1) is 19.1. The average Bonchev–Trinajstić information content (AvgIpc) is 2.99. The van der Waals surface area contributed by atoms with Gasteiger partial charge >= 0.3 is 0 Å². The fraction of sp³-hybridized carbons (Fsp3) is 0.375. The lowest BCUT2D eigenvalue weighted by molar-refractivity contribution is 0.0920. The summed E-state index contributed by atoms with van der Waals surface area (Å²) in [5, 5.41) is 11.7. The van der Waals surface area contributed by atoms with Crippen LogP contribution in [0.4, 0.5) is 0 Å². The summed E-state index contributed by atoms with van der Waals surface area (Å²) in [5.41, 5.74) is 1.19. The molecular formula is C16H19Cl3N4O. The first-order valence-electron chi connectivity index (χ1n) is 7.59. The molecule has 2 aromatic rings. The van der Waals surface area contributed by atoms with Gasteiger partial charge in [-0.1, -0.05) is 23.2 Å². The third kappa shape index (κ3) is 4.22. The molecule has 2 N–H and O–H groups in total. The van der Waals surface area contributed by atoms with Gasteiger partial charge in [0.25, 0.3) is 5.91 Å². The van der Waals surface area contributed by atoms with Crippen molar-refractivity contribution >= 4 is 41.5 Å². The van der Waals surface area contributed by atoms with Gasteiger partial charge in [-0.3, -0.25) is 4.79 Å². The highest BCUT2D eigenvalue weighted by molar-refractivity contribution is 6.35. The summed E-state index contributed by atoms with van der Waals surface area (Å²) >= 11 is 12.1. The number of hydrogen-bond donors (Lipinski definition) is 2. The van der Waals surface area contributed by atoms with Crippen molar-refractivity contribution < 1.29 is 4.79 Å². The minimum Gasteiger partial charge on any atom is -0.348 e. The molecule has 0 saturated carbocycles. The number of halogens is 3. The number of aromatic nitrogens is 2. The molecule has 1 aliphatic rings. The quantitative estimate of drug-likeness (QED) is 0.845. The van der Waals surface area contributed by atoms with Crippen LogP contribution in [0.2, 0.25) is 10.0 Å². The van der Waals surface area contributed by atoms with Gasteiger partial charge in [-0.2, -0.15) is 5.10 Å². The van der Waals surface area contributed by atoms with E-state index in [0.29, 0.717) is 21.3 Å². The van der Waals surface area contributed by atoms with E-state index >= 15 is 0 Å². The molecule has 0 aliphatic carbocycles. The van der Waals surface area contributed by atoms with E-state index < -0.39 is 0 Å². The summed E-state index contributed by atoms with van der Waals surface area (Å²) in [7, 11) is 0. The maximum absolute atomic E-state index is 12.4. The molecule has 8 heteroatoms. The van der Waals surface area contributed by atoms with Crippen LogP contribution in [0.5, 0.6) is 0 Å². The number of carbonyl (C=O) groups excluding carboxylic acids is 1. The Morgan fingerprint density at radius 3 is 2.92 bits per heavy atom. The molecular weight excluding hydrogens is 371 g/mol. The highest BCUT2D eigenvalue weighted by Gasteiger charge is 2.23. The van der Waals surface area contributed by atoms with Gasteiger partial charge in [-0.05, 0) is 44.5 Å². The van der Waals surface area contributed by atoms with E-state index in [1.807, 2.05) is 0 Å². The molecule has 130 valence electrons. The number of nitrogens with one attached hydrogen (secondary N) is 2. The number of carbonyl (C=O) groups is 1. The van der Waals surface area contributed by atoms with E-state index in [9.17, 15) is 4.79 Å². The van der Waals surface area contributed by atoms with Gasteiger partial charge < -0.3 is 10.6 Å². The summed E-state index contributed by atoms with van der Waals surface area (Å²) in [5.74, 6) is -0.123. The van der Waals surface area contributed by atoms with Crippen LogP contribution in [0.3, 0.4) is 0 Å². The molecule has 1 saturated heterocycles. The average molecular weight is 390 g/mol. The monoisotopic (exact) mass is 388 g/mol. The minimum atomic E-state index is -0.123. The Bertz CT molecular complexity index is 719. The molecule has 0 bridgehead atoms. The lowest BCUT2D eigenvalue weighted by atomic mass is 10.00. The van der Waals surface area contributed by atoms with Crippen molar-refractivity contribution in [2.75, 3.05) is 6.54 Å². The minimum absolute atomic E-state index is 0. The third-order valence-corrected chi connectivity index (χ3v) is 4.62. The molecule has 2 atom stereocenters. The fourth-order valence-electron chi connectivity index (χ4n) is 2.73. The van der Waals surface area contributed by atoms with Crippen molar-refractivity contribution in [1.29, 1.82) is 0 Å². The Balaban J connectivity index is 0.00000208. The third-order valence-electron chi connectivity index (χ3n) is 4.08. The zero-order valence-corrected chi connectivity index (χ0v) is 15.5. The number of piperidine rings is 1. The molecule has 1 aromatic heterocycles. The second-order valence-electron chi connectivity index (χ2n) is 5.73. The van der Waals surface area contributed by atoms with Crippen molar-refractivity contribution in [3.8, 4) is 5.69 Å². The number of benzene rings is 1. The molecule has 1 aromatic carbocycles. The molecule has 1 amide bonds. The van der Waals surface area contributed by atoms with E-state index in [1.165, 1.54) is 0 Å². The van der Waals surface area contributed by atoms with E-state index in [1.54, 1.807) is 35.3 Å². The van der Waals surface area contributed by atoms with Crippen LogP contribution in [0.1, 0.15) is 30.1 Å².